The van der Waals surface area contributed by atoms with Gasteiger partial charge in [0.25, 0.3) is 5.56 Å². The van der Waals surface area contributed by atoms with Crippen molar-refractivity contribution in [3.05, 3.63) is 93.3 Å². The summed E-state index contributed by atoms with van der Waals surface area (Å²) >= 11 is 0. The van der Waals surface area contributed by atoms with Crippen molar-refractivity contribution in [2.45, 2.75) is 39.1 Å². The molecule has 204 valence electrons. The summed E-state index contributed by atoms with van der Waals surface area (Å²) in [5.41, 5.74) is 12.7. The molecule has 5 aromatic rings. The van der Waals surface area contributed by atoms with E-state index in [0.29, 0.717) is 29.2 Å². The van der Waals surface area contributed by atoms with Crippen LogP contribution >= 0.6 is 0 Å². The molecule has 2 aliphatic rings. The number of nitrogens with zero attached hydrogens (tertiary/aromatic N) is 2. The second-order valence-corrected chi connectivity index (χ2v) is 10.7. The number of cyclic esters (lactones) is 1. The van der Waals surface area contributed by atoms with Crippen molar-refractivity contribution in [1.29, 1.82) is 0 Å². The van der Waals surface area contributed by atoms with Crippen molar-refractivity contribution in [2.24, 2.45) is 5.73 Å². The number of benzene rings is 3. The van der Waals surface area contributed by atoms with E-state index in [9.17, 15) is 19.5 Å². The van der Waals surface area contributed by atoms with E-state index < -0.39 is 18.1 Å². The van der Waals surface area contributed by atoms with E-state index in [1.807, 2.05) is 43.3 Å². The highest BCUT2D eigenvalue weighted by molar-refractivity contribution is 6.10. The summed E-state index contributed by atoms with van der Waals surface area (Å²) in [7, 11) is 0. The fourth-order valence-corrected chi connectivity index (χ4v) is 5.86. The second-order valence-electron chi connectivity index (χ2n) is 10.7. The number of aromatic nitrogens is 2. The number of pyridine rings is 2. The molecule has 0 fully saturated rings. The number of hydrogen-bond donors (Lipinski definition) is 3. The first-order valence-corrected chi connectivity index (χ1v) is 13.4. The van der Waals surface area contributed by atoms with Crippen LogP contribution < -0.4 is 16.6 Å². The van der Waals surface area contributed by atoms with Crippen molar-refractivity contribution < 1.29 is 19.4 Å². The Hall–Kier alpha value is -4.86. The summed E-state index contributed by atoms with van der Waals surface area (Å²) in [6, 6.07) is 19.0. The predicted molar refractivity (Wildman–Crippen MR) is 155 cm³/mol. The van der Waals surface area contributed by atoms with E-state index in [4.69, 9.17) is 15.5 Å². The maximum absolute atomic E-state index is 13.4. The molecule has 0 saturated carbocycles. The van der Waals surface area contributed by atoms with Gasteiger partial charge in [0.2, 0.25) is 5.91 Å². The van der Waals surface area contributed by atoms with E-state index in [2.05, 4.69) is 23.5 Å². The quantitative estimate of drug-likeness (QED) is 0.226. The predicted octanol–water partition coefficient (Wildman–Crippen LogP) is 3.93. The van der Waals surface area contributed by atoms with Crippen LogP contribution in [0.2, 0.25) is 0 Å². The second kappa shape index (κ2) is 9.09. The fourth-order valence-electron chi connectivity index (χ4n) is 5.86. The third-order valence-electron chi connectivity index (χ3n) is 8.11. The van der Waals surface area contributed by atoms with E-state index in [1.165, 1.54) is 0 Å². The molecule has 0 bridgehead atoms. The molecule has 0 spiro atoms. The molecule has 41 heavy (non-hydrogen) atoms. The molecule has 7 rings (SSSR count). The lowest BCUT2D eigenvalue weighted by Crippen LogP contribution is -2.32. The summed E-state index contributed by atoms with van der Waals surface area (Å²) in [6.07, 6.45) is -1.49. The van der Waals surface area contributed by atoms with Gasteiger partial charge in [0, 0.05) is 22.2 Å². The van der Waals surface area contributed by atoms with Crippen LogP contribution in [-0.2, 0) is 27.5 Å². The SMILES string of the molecule is Cc1c2c(nc3ccc4ccc(-c5ccc(NC(=O)C(C)N)cc5)cc4c13)-c1cc3c(c(=O)n1C2)COC(=O)C3O. The Balaban J connectivity index is 1.34. The first-order chi connectivity index (χ1) is 19.7. The number of amides is 1. The highest BCUT2D eigenvalue weighted by atomic mass is 16.5. The maximum atomic E-state index is 13.4. The lowest BCUT2D eigenvalue weighted by Gasteiger charge is -2.21. The topological polar surface area (TPSA) is 137 Å². The number of nitrogens with one attached hydrogen (secondary N) is 1. The van der Waals surface area contributed by atoms with Crippen LogP contribution in [0.15, 0.2) is 65.5 Å². The minimum atomic E-state index is -1.49. The smallest absolute Gasteiger partial charge is 0.340 e. The van der Waals surface area contributed by atoms with Gasteiger partial charge in [-0.3, -0.25) is 9.59 Å². The number of aliphatic hydroxyl groups is 1. The molecule has 0 radical (unpaired) electrons. The van der Waals surface area contributed by atoms with Gasteiger partial charge in [-0.15, -0.1) is 0 Å². The van der Waals surface area contributed by atoms with Gasteiger partial charge in [-0.25, -0.2) is 9.78 Å². The van der Waals surface area contributed by atoms with Crippen LogP contribution in [0.5, 0.6) is 0 Å². The van der Waals surface area contributed by atoms with Crippen LogP contribution in [0.4, 0.5) is 5.69 Å². The zero-order valence-electron chi connectivity index (χ0n) is 22.4. The number of ether oxygens (including phenoxy) is 1. The van der Waals surface area contributed by atoms with Crippen molar-refractivity contribution >= 4 is 39.2 Å². The molecule has 2 atom stereocenters. The molecule has 2 unspecified atom stereocenters. The first kappa shape index (κ1) is 25.1. The summed E-state index contributed by atoms with van der Waals surface area (Å²) in [4.78, 5) is 42.3. The van der Waals surface area contributed by atoms with E-state index >= 15 is 0 Å². The molecule has 2 aliphatic heterocycles. The fraction of sp³-hybridized carbons (Fsp3) is 0.188. The standard InChI is InChI=1S/C32H26N4O5/c1-15-23-13-36-26(12-22-24(31(36)39)14-41-32(40)29(22)37)28(23)35-25-10-7-18-3-4-19(11-21(18)27(15)25)17-5-8-20(9-6-17)34-30(38)16(2)33/h3-12,16,29,37H,13-14,33H2,1-2H3,(H,34,38). The van der Waals surface area contributed by atoms with Crippen molar-refractivity contribution in [1.82, 2.24) is 9.55 Å². The lowest BCUT2D eigenvalue weighted by molar-refractivity contribution is -0.157. The number of aryl methyl sites for hydroxylation is 1. The Labute approximate surface area is 234 Å². The van der Waals surface area contributed by atoms with Gasteiger partial charge in [0.15, 0.2) is 6.10 Å². The number of esters is 1. The zero-order chi connectivity index (χ0) is 28.6. The molecule has 4 heterocycles. The van der Waals surface area contributed by atoms with Gasteiger partial charge in [-0.2, -0.15) is 0 Å². The van der Waals surface area contributed by atoms with E-state index in [0.717, 1.165) is 43.9 Å². The molecular weight excluding hydrogens is 520 g/mol. The van der Waals surface area contributed by atoms with Gasteiger partial charge in [-0.1, -0.05) is 30.3 Å². The van der Waals surface area contributed by atoms with Crippen molar-refractivity contribution in [3.63, 3.8) is 0 Å². The molecular formula is C32H26N4O5. The molecule has 4 N–H and O–H groups in total. The number of nitrogens with two attached hydrogens (primary N) is 1. The van der Waals surface area contributed by atoms with E-state index in [1.54, 1.807) is 17.6 Å². The number of anilines is 1. The average molecular weight is 547 g/mol. The normalized spacial score (nSPS) is 16.2. The molecule has 3 aromatic carbocycles. The van der Waals surface area contributed by atoms with Crippen LogP contribution in [-0.4, -0.2) is 32.6 Å². The number of hydrogen-bond acceptors (Lipinski definition) is 7. The third kappa shape index (κ3) is 3.85. The Kier molecular flexibility index (Phi) is 5.57. The largest absolute Gasteiger partial charge is 0.458 e. The molecule has 2 aromatic heterocycles. The van der Waals surface area contributed by atoms with Crippen molar-refractivity contribution in [3.8, 4) is 22.5 Å². The number of rotatable bonds is 3. The molecule has 1 amide bonds. The molecule has 9 heteroatoms. The molecule has 0 saturated heterocycles. The Morgan fingerprint density at radius 3 is 2.56 bits per heavy atom. The summed E-state index contributed by atoms with van der Waals surface area (Å²) in [5.74, 6) is -0.998. The van der Waals surface area contributed by atoms with Crippen LogP contribution in [0, 0.1) is 6.92 Å². The number of fused-ring (bicyclic) bond motifs is 7. The zero-order valence-corrected chi connectivity index (χ0v) is 22.4. The third-order valence-corrected chi connectivity index (χ3v) is 8.11. The summed E-state index contributed by atoms with van der Waals surface area (Å²) < 4.78 is 6.65. The molecule has 0 aliphatic carbocycles. The van der Waals surface area contributed by atoms with Crippen LogP contribution in [0.1, 0.15) is 35.3 Å². The van der Waals surface area contributed by atoms with E-state index in [-0.39, 0.29) is 23.6 Å². The summed E-state index contributed by atoms with van der Waals surface area (Å²) in [5, 5.41) is 16.3. The first-order valence-electron chi connectivity index (χ1n) is 13.4. The maximum Gasteiger partial charge on any atom is 0.340 e. The number of carbonyl (C=O) groups is 2. The van der Waals surface area contributed by atoms with Gasteiger partial charge in [0.1, 0.15) is 6.61 Å². The van der Waals surface area contributed by atoms with Crippen LogP contribution in [0.3, 0.4) is 0 Å². The highest BCUT2D eigenvalue weighted by Crippen LogP contribution is 2.40. The lowest BCUT2D eigenvalue weighted by atomic mass is 9.94. The van der Waals surface area contributed by atoms with Crippen LogP contribution in [0.25, 0.3) is 44.2 Å². The Morgan fingerprint density at radius 2 is 1.80 bits per heavy atom. The number of carbonyl (C=O) groups excluding carboxylic acids is 2. The highest BCUT2D eigenvalue weighted by Gasteiger charge is 2.34. The summed E-state index contributed by atoms with van der Waals surface area (Å²) in [6.45, 7) is 3.88. The van der Waals surface area contributed by atoms with Gasteiger partial charge in [0.05, 0.1) is 35.1 Å². The molecule has 9 nitrogen and oxygen atoms in total. The minimum Gasteiger partial charge on any atom is -0.458 e. The Morgan fingerprint density at radius 1 is 1.07 bits per heavy atom. The number of aliphatic hydroxyl groups excluding tert-OH is 1. The van der Waals surface area contributed by atoms with Crippen molar-refractivity contribution in [2.75, 3.05) is 5.32 Å². The van der Waals surface area contributed by atoms with Gasteiger partial charge >= 0.3 is 5.97 Å². The average Bonchev–Trinajstić information content (AvgIpc) is 3.34. The Bertz CT molecular complexity index is 2010. The van der Waals surface area contributed by atoms with Gasteiger partial charge < -0.3 is 25.5 Å². The minimum absolute atomic E-state index is 0.151. The van der Waals surface area contributed by atoms with Gasteiger partial charge in [-0.05, 0) is 71.6 Å². The monoisotopic (exact) mass is 546 g/mol.